The van der Waals surface area contributed by atoms with E-state index in [1.807, 2.05) is 6.92 Å². The van der Waals surface area contributed by atoms with Gasteiger partial charge in [0.2, 0.25) is 0 Å². The number of aryl methyl sites for hydroxylation is 1. The smallest absolute Gasteiger partial charge is 0.326 e. The number of hydrogen-bond acceptors (Lipinski definition) is 7. The Bertz CT molecular complexity index is 1220. The Kier molecular flexibility index (Phi) is 7.57. The first kappa shape index (κ1) is 23.7. The number of likely N-dealkylation sites (N-methyl/N-ethyl adjacent to an activating group) is 1. The van der Waals surface area contributed by atoms with Crippen molar-refractivity contribution >= 4 is 28.4 Å². The minimum atomic E-state index is -0.786. The number of nitrogens with one attached hydrogen (secondary N) is 4. The lowest BCUT2D eigenvalue weighted by atomic mass is 10.2. The summed E-state index contributed by atoms with van der Waals surface area (Å²) in [5, 5.41) is 17.4. The van der Waals surface area contributed by atoms with Gasteiger partial charge < -0.3 is 30.8 Å². The number of H-pyrrole nitrogens is 1. The van der Waals surface area contributed by atoms with E-state index < -0.39 is 23.3 Å². The van der Waals surface area contributed by atoms with Crippen molar-refractivity contribution in [3.05, 3.63) is 59.5 Å². The van der Waals surface area contributed by atoms with Crippen molar-refractivity contribution in [3.8, 4) is 11.8 Å². The highest BCUT2D eigenvalue weighted by Crippen LogP contribution is 2.32. The molecule has 11 heteroatoms. The Morgan fingerprint density at radius 3 is 2.70 bits per heavy atom. The van der Waals surface area contributed by atoms with Crippen LogP contribution in [0.1, 0.15) is 12.6 Å². The number of allylic oxidation sites excluding steroid dienone is 2. The fourth-order valence-corrected chi connectivity index (χ4v) is 3.00. The van der Waals surface area contributed by atoms with Gasteiger partial charge in [0.05, 0.1) is 12.1 Å². The van der Waals surface area contributed by atoms with Gasteiger partial charge in [0.25, 0.3) is 5.91 Å². The van der Waals surface area contributed by atoms with Gasteiger partial charge in [-0.25, -0.2) is 8.78 Å². The first-order chi connectivity index (χ1) is 15.8. The van der Waals surface area contributed by atoms with Gasteiger partial charge in [-0.05, 0) is 26.0 Å². The van der Waals surface area contributed by atoms with Crippen molar-refractivity contribution in [2.45, 2.75) is 13.8 Å². The number of aromatic nitrogens is 3. The molecule has 0 fully saturated rings. The standard InChI is InChI=1S/C22H24F2N6O3/c1-4-5-13(25-3)9-19(32)28-18-11-17(26-6-7-31)29-22(30-18)33-16-10-15(23)21-14(20(16)24)8-12(2)27-21/h4-5,8-11,25,27,31H,6-7H2,1-3H3,(H2,26,28,29,30,32)/b5-4+,13-9-. The van der Waals surface area contributed by atoms with E-state index >= 15 is 0 Å². The van der Waals surface area contributed by atoms with E-state index in [0.29, 0.717) is 11.4 Å². The van der Waals surface area contributed by atoms with E-state index in [4.69, 9.17) is 9.84 Å². The lowest BCUT2D eigenvalue weighted by Gasteiger charge is -2.11. The molecule has 0 radical (unpaired) electrons. The Morgan fingerprint density at radius 1 is 1.24 bits per heavy atom. The molecule has 0 saturated heterocycles. The first-order valence-electron chi connectivity index (χ1n) is 10.1. The highest BCUT2D eigenvalue weighted by molar-refractivity contribution is 5.99. The zero-order chi connectivity index (χ0) is 24.0. The second kappa shape index (κ2) is 10.6. The Hall–Kier alpha value is -3.99. The highest BCUT2D eigenvalue weighted by atomic mass is 19.1. The van der Waals surface area contributed by atoms with Crippen molar-refractivity contribution in [1.82, 2.24) is 20.3 Å². The molecule has 2 aromatic heterocycles. The molecule has 9 nitrogen and oxygen atoms in total. The number of nitrogens with zero attached hydrogens (tertiary/aromatic N) is 2. The molecule has 1 aromatic carbocycles. The second-order valence-corrected chi connectivity index (χ2v) is 6.92. The van der Waals surface area contributed by atoms with Crippen LogP contribution in [0.25, 0.3) is 10.9 Å². The lowest BCUT2D eigenvalue weighted by Crippen LogP contribution is -2.15. The number of anilines is 2. The summed E-state index contributed by atoms with van der Waals surface area (Å²) in [5.74, 6) is -2.14. The molecule has 3 rings (SSSR count). The maximum absolute atomic E-state index is 14.9. The monoisotopic (exact) mass is 458 g/mol. The number of ether oxygens (including phenoxy) is 1. The number of rotatable bonds is 9. The zero-order valence-electron chi connectivity index (χ0n) is 18.3. The van der Waals surface area contributed by atoms with Gasteiger partial charge in [-0.15, -0.1) is 0 Å². The third kappa shape index (κ3) is 5.83. The van der Waals surface area contributed by atoms with Crippen LogP contribution >= 0.6 is 0 Å². The van der Waals surface area contributed by atoms with Crippen molar-refractivity contribution in [2.75, 3.05) is 30.8 Å². The Balaban J connectivity index is 1.94. The van der Waals surface area contributed by atoms with Crippen molar-refractivity contribution < 1.29 is 23.4 Å². The van der Waals surface area contributed by atoms with Crippen LogP contribution in [0.15, 0.2) is 42.1 Å². The predicted octanol–water partition coefficient (Wildman–Crippen LogP) is 3.36. The Morgan fingerprint density at radius 2 is 2.00 bits per heavy atom. The maximum atomic E-state index is 14.9. The molecule has 0 bridgehead atoms. The van der Waals surface area contributed by atoms with Crippen molar-refractivity contribution in [2.24, 2.45) is 0 Å². The van der Waals surface area contributed by atoms with Crippen LogP contribution in [0.4, 0.5) is 20.4 Å². The van der Waals surface area contributed by atoms with Gasteiger partial charge in [0.15, 0.2) is 17.4 Å². The lowest BCUT2D eigenvalue weighted by molar-refractivity contribution is -0.112. The molecule has 0 aliphatic heterocycles. The van der Waals surface area contributed by atoms with Gasteiger partial charge in [-0.2, -0.15) is 9.97 Å². The van der Waals surface area contributed by atoms with Gasteiger partial charge >= 0.3 is 6.01 Å². The molecule has 0 atom stereocenters. The largest absolute Gasteiger partial charge is 0.421 e. The van der Waals surface area contributed by atoms with Crippen molar-refractivity contribution in [1.29, 1.82) is 0 Å². The van der Waals surface area contributed by atoms with E-state index in [1.54, 1.807) is 26.1 Å². The average molecular weight is 458 g/mol. The van der Waals surface area contributed by atoms with E-state index in [-0.39, 0.29) is 41.7 Å². The quantitative estimate of drug-likeness (QED) is 0.246. The number of aliphatic hydroxyl groups is 1. The third-order valence-electron chi connectivity index (χ3n) is 4.40. The molecule has 0 saturated carbocycles. The molecule has 33 heavy (non-hydrogen) atoms. The number of hydrogen-bond donors (Lipinski definition) is 5. The summed E-state index contributed by atoms with van der Waals surface area (Å²) in [7, 11) is 1.67. The summed E-state index contributed by atoms with van der Waals surface area (Å²) < 4.78 is 34.8. The molecule has 174 valence electrons. The fourth-order valence-electron chi connectivity index (χ4n) is 3.00. The topological polar surface area (TPSA) is 124 Å². The number of aromatic amines is 1. The first-order valence-corrected chi connectivity index (χ1v) is 10.1. The summed E-state index contributed by atoms with van der Waals surface area (Å²) in [6.45, 7) is 3.47. The number of carbonyl (C=O) groups is 1. The highest BCUT2D eigenvalue weighted by Gasteiger charge is 2.18. The minimum Gasteiger partial charge on any atom is -0.421 e. The van der Waals surface area contributed by atoms with Gasteiger partial charge in [-0.3, -0.25) is 4.79 Å². The van der Waals surface area contributed by atoms with E-state index in [1.165, 1.54) is 18.2 Å². The molecule has 0 aliphatic rings. The second-order valence-electron chi connectivity index (χ2n) is 6.92. The number of fused-ring (bicyclic) bond motifs is 1. The summed E-state index contributed by atoms with van der Waals surface area (Å²) in [6, 6.07) is 3.44. The van der Waals surface area contributed by atoms with Crippen LogP contribution in [-0.2, 0) is 4.79 Å². The number of amides is 1. The molecule has 2 heterocycles. The van der Waals surface area contributed by atoms with E-state index in [9.17, 15) is 13.6 Å². The molecular formula is C22H24F2N6O3. The fraction of sp³-hybridized carbons (Fsp3) is 0.227. The summed E-state index contributed by atoms with van der Waals surface area (Å²) >= 11 is 0. The van der Waals surface area contributed by atoms with Crippen LogP contribution in [0.2, 0.25) is 0 Å². The van der Waals surface area contributed by atoms with Crippen molar-refractivity contribution in [3.63, 3.8) is 0 Å². The van der Waals surface area contributed by atoms with Crippen LogP contribution < -0.4 is 20.7 Å². The van der Waals surface area contributed by atoms with Gasteiger partial charge in [-0.1, -0.05) is 6.08 Å². The number of benzene rings is 1. The molecular weight excluding hydrogens is 434 g/mol. The molecule has 5 N–H and O–H groups in total. The minimum absolute atomic E-state index is 0.0258. The van der Waals surface area contributed by atoms with Crippen LogP contribution in [0.3, 0.4) is 0 Å². The van der Waals surface area contributed by atoms with Crippen LogP contribution in [0.5, 0.6) is 11.8 Å². The average Bonchev–Trinajstić information content (AvgIpc) is 3.18. The Labute approximate surface area is 188 Å². The summed E-state index contributed by atoms with van der Waals surface area (Å²) in [5.41, 5.74) is 1.17. The summed E-state index contributed by atoms with van der Waals surface area (Å²) in [4.78, 5) is 23.3. The number of halogens is 2. The normalized spacial score (nSPS) is 11.8. The molecule has 3 aromatic rings. The molecule has 0 aliphatic carbocycles. The number of aliphatic hydroxyl groups excluding tert-OH is 1. The maximum Gasteiger partial charge on any atom is 0.326 e. The van der Waals surface area contributed by atoms with Gasteiger partial charge in [0.1, 0.15) is 11.6 Å². The molecule has 0 spiro atoms. The number of carbonyl (C=O) groups excluding carboxylic acids is 1. The van der Waals surface area contributed by atoms with Gasteiger partial charge in [0, 0.05) is 48.6 Å². The van der Waals surface area contributed by atoms with E-state index in [2.05, 4.69) is 30.9 Å². The molecule has 1 amide bonds. The zero-order valence-corrected chi connectivity index (χ0v) is 18.3. The SMILES string of the molecule is C/C=C/C(=C/C(=O)Nc1cc(NCCO)nc(Oc2cc(F)c3[nH]c(C)cc3c2F)n1)NC. The predicted molar refractivity (Wildman–Crippen MR) is 121 cm³/mol. The van der Waals surface area contributed by atoms with Crippen LogP contribution in [-0.4, -0.2) is 46.2 Å². The van der Waals surface area contributed by atoms with Crippen LogP contribution in [0, 0.1) is 18.6 Å². The molecule has 0 unspecified atom stereocenters. The van der Waals surface area contributed by atoms with E-state index in [0.717, 1.165) is 6.07 Å². The summed E-state index contributed by atoms with van der Waals surface area (Å²) in [6.07, 6.45) is 4.79. The third-order valence-corrected chi connectivity index (χ3v) is 4.40.